The van der Waals surface area contributed by atoms with Gasteiger partial charge in [-0.15, -0.1) is 0 Å². The molecule has 0 N–H and O–H groups in total. The van der Waals surface area contributed by atoms with Gasteiger partial charge in [-0.2, -0.15) is 0 Å². The zero-order valence-electron chi connectivity index (χ0n) is 9.24. The van der Waals surface area contributed by atoms with E-state index in [4.69, 9.17) is 0 Å². The zero-order chi connectivity index (χ0) is 0. The molecule has 0 aliphatic carbocycles. The molecule has 0 saturated carbocycles. The smallest absolute Gasteiger partial charge is 0 e. The van der Waals surface area contributed by atoms with Gasteiger partial charge in [-0.25, -0.2) is 0 Å². The van der Waals surface area contributed by atoms with Crippen LogP contribution in [0.3, 0.4) is 0 Å². The van der Waals surface area contributed by atoms with E-state index >= 15 is 0 Å². The molecule has 0 aliphatic heterocycles. The van der Waals surface area contributed by atoms with Crippen LogP contribution in [0.4, 0.5) is 0 Å². The van der Waals surface area contributed by atoms with Crippen LogP contribution in [-0.2, 0) is 413 Å². The molecule has 0 unspecified atom stereocenters. The van der Waals surface area contributed by atoms with Gasteiger partial charge in [0.05, 0.1) is 0 Å². The molecule has 0 atom stereocenters. The number of hydrogen-bond acceptors (Lipinski definition) is 0. The summed E-state index contributed by atoms with van der Waals surface area (Å²) in [6, 6.07) is 0. The molecule has 0 spiro atoms. The third-order valence-electron chi connectivity index (χ3n) is 0. The topological polar surface area (TPSA) is 0 Å². The summed E-state index contributed by atoms with van der Waals surface area (Å²) < 4.78 is 0. The van der Waals surface area contributed by atoms with E-state index in [0.29, 0.717) is 0 Å². The average molecular weight is 719 g/mol. The first kappa shape index (κ1) is 129. The van der Waals surface area contributed by atoms with Gasteiger partial charge in [0.1, 0.15) is 0 Å². The van der Waals surface area contributed by atoms with E-state index in [2.05, 4.69) is 0 Å². The molecule has 0 aromatic carbocycles. The molecule has 0 bridgehead atoms. The fraction of sp³-hybridized carbons (Fsp3) is 0. The Kier molecular flexibility index (Phi) is 939. The summed E-state index contributed by atoms with van der Waals surface area (Å²) >= 11 is 0. The minimum absolute atomic E-state index is 0. The normalized spacial score (nSPS) is 0. The summed E-state index contributed by atoms with van der Waals surface area (Å²) in [5.41, 5.74) is 0. The molecule has 0 amide bonds. The van der Waals surface area contributed by atoms with Crippen LogP contribution in [0.2, 0.25) is 0 Å². The zero-order valence-corrected chi connectivity index (χ0v) is 38.1. The summed E-state index contributed by atoms with van der Waals surface area (Å²) in [7, 11) is 0. The molecule has 0 saturated heterocycles. The molecule has 48 valence electrons. The van der Waals surface area contributed by atoms with Gasteiger partial charge >= 0.3 is 0 Å². The maximum absolute atomic E-state index is 0. The maximum atomic E-state index is 0. The molecule has 0 aromatic heterocycles. The molecule has 16 heteroatoms. The van der Waals surface area contributed by atoms with E-state index in [-0.39, 0.29) is 413 Å². The van der Waals surface area contributed by atoms with Gasteiger partial charge in [0.25, 0.3) is 0 Å². The molecular weight excluding hydrogens is 719 g/mol. The monoisotopic (exact) mass is 719 g/mol. The quantitative estimate of drug-likeness (QED) is 0.330. The molecule has 0 aliphatic rings. The Morgan fingerprint density at radius 1 is 0.0625 bits per heavy atom. The van der Waals surface area contributed by atoms with Crippen molar-refractivity contribution in [1.29, 1.82) is 0 Å². The van der Waals surface area contributed by atoms with Gasteiger partial charge in [-0.05, 0) is 0 Å². The van der Waals surface area contributed by atoms with Crippen LogP contribution in [0, 0.1) is 0 Å². The molecular formula is Sc16. The van der Waals surface area contributed by atoms with E-state index in [9.17, 15) is 0 Å². The van der Waals surface area contributed by atoms with Crippen LogP contribution < -0.4 is 0 Å². The predicted molar refractivity (Wildman–Crippen MR) is 0 cm³/mol. The number of rotatable bonds is 0. The molecule has 0 fully saturated rings. The molecule has 0 nitrogen and oxygen atoms in total. The van der Waals surface area contributed by atoms with Gasteiger partial charge < -0.3 is 0 Å². The van der Waals surface area contributed by atoms with Crippen LogP contribution in [-0.4, -0.2) is 0 Å². The van der Waals surface area contributed by atoms with E-state index < -0.39 is 0 Å². The van der Waals surface area contributed by atoms with Gasteiger partial charge in [-0.1, -0.05) is 0 Å². The van der Waals surface area contributed by atoms with E-state index in [0.717, 1.165) is 0 Å². The standard InChI is InChI=1S/16Sc. The van der Waals surface area contributed by atoms with E-state index in [1.807, 2.05) is 0 Å². The van der Waals surface area contributed by atoms with Crippen LogP contribution in [0.15, 0.2) is 0 Å². The summed E-state index contributed by atoms with van der Waals surface area (Å²) in [5.74, 6) is 0. The summed E-state index contributed by atoms with van der Waals surface area (Å²) in [5, 5.41) is 0. The minimum Gasteiger partial charge on any atom is 0 e. The first-order valence-electron chi connectivity index (χ1n) is 0. The van der Waals surface area contributed by atoms with Crippen molar-refractivity contribution in [2.75, 3.05) is 0 Å². The van der Waals surface area contributed by atoms with Crippen molar-refractivity contribution >= 4 is 0 Å². The summed E-state index contributed by atoms with van der Waals surface area (Å²) in [6.07, 6.45) is 0. The molecule has 0 rings (SSSR count). The SMILES string of the molecule is [Sc].[Sc].[Sc].[Sc].[Sc].[Sc].[Sc].[Sc].[Sc].[Sc].[Sc].[Sc].[Sc].[Sc].[Sc].[Sc]. The minimum atomic E-state index is 0. The molecule has 16 radical (unpaired) electrons. The van der Waals surface area contributed by atoms with E-state index in [1.54, 1.807) is 0 Å². The largest absolute Gasteiger partial charge is 0 e. The second-order valence-electron chi connectivity index (χ2n) is 0. The van der Waals surface area contributed by atoms with Crippen molar-refractivity contribution in [1.82, 2.24) is 0 Å². The fourth-order valence-electron chi connectivity index (χ4n) is 0. The molecule has 0 heterocycles. The van der Waals surface area contributed by atoms with Crippen molar-refractivity contribution in [3.05, 3.63) is 0 Å². The predicted octanol–water partition coefficient (Wildman–Crippen LogP) is -0.0400. The Morgan fingerprint density at radius 3 is 0.0625 bits per heavy atom. The third-order valence-corrected chi connectivity index (χ3v) is 0. The van der Waals surface area contributed by atoms with E-state index in [1.165, 1.54) is 0 Å². The Labute approximate surface area is 400 Å². The van der Waals surface area contributed by atoms with Crippen molar-refractivity contribution in [2.45, 2.75) is 0 Å². The van der Waals surface area contributed by atoms with Crippen LogP contribution in [0.5, 0.6) is 0 Å². The molecule has 0 aromatic rings. The Morgan fingerprint density at radius 2 is 0.0625 bits per heavy atom. The third kappa shape index (κ3) is 104. The second kappa shape index (κ2) is 116. The molecule has 16 heavy (non-hydrogen) atoms. The first-order chi connectivity index (χ1) is 0. The fourth-order valence-corrected chi connectivity index (χ4v) is 0. The first-order valence-corrected chi connectivity index (χ1v) is 0. The van der Waals surface area contributed by atoms with Gasteiger partial charge in [-0.3, -0.25) is 0 Å². The Balaban J connectivity index is 0. The van der Waals surface area contributed by atoms with Gasteiger partial charge in [0.2, 0.25) is 0 Å². The van der Waals surface area contributed by atoms with Gasteiger partial charge in [0.15, 0.2) is 0 Å². The van der Waals surface area contributed by atoms with Crippen molar-refractivity contribution in [3.63, 3.8) is 0 Å². The Bertz CT molecular complexity index is 0. The van der Waals surface area contributed by atoms with Crippen molar-refractivity contribution < 1.29 is 413 Å². The second-order valence-corrected chi connectivity index (χ2v) is 0. The van der Waals surface area contributed by atoms with Crippen molar-refractivity contribution in [3.8, 4) is 0 Å². The number of hydrogen-bond donors (Lipinski definition) is 0. The average Bonchev–Trinajstić information content (AvgIpc) is 0. The van der Waals surface area contributed by atoms with Crippen molar-refractivity contribution in [2.24, 2.45) is 0 Å². The summed E-state index contributed by atoms with van der Waals surface area (Å²) in [4.78, 5) is 0. The summed E-state index contributed by atoms with van der Waals surface area (Å²) in [6.45, 7) is 0. The van der Waals surface area contributed by atoms with Crippen LogP contribution in [0.25, 0.3) is 0 Å². The van der Waals surface area contributed by atoms with Crippen LogP contribution in [0.1, 0.15) is 0 Å². The van der Waals surface area contributed by atoms with Crippen LogP contribution >= 0.6 is 0 Å². The van der Waals surface area contributed by atoms with Gasteiger partial charge in [0, 0.05) is 413 Å². The maximum Gasteiger partial charge on any atom is 0 e. The Hall–Kier alpha value is 13.9.